The quantitative estimate of drug-likeness (QED) is 0.533. The van der Waals surface area contributed by atoms with Gasteiger partial charge in [-0.2, -0.15) is 0 Å². The van der Waals surface area contributed by atoms with Crippen molar-refractivity contribution in [3.05, 3.63) is 23.8 Å². The number of piperazine rings is 1. The van der Waals surface area contributed by atoms with E-state index in [1.165, 1.54) is 6.07 Å². The first-order valence-electron chi connectivity index (χ1n) is 6.00. The summed E-state index contributed by atoms with van der Waals surface area (Å²) in [5, 5.41) is 3.20. The summed E-state index contributed by atoms with van der Waals surface area (Å²) in [4.78, 5) is 2.06. The van der Waals surface area contributed by atoms with Crippen LogP contribution < -0.4 is 67.3 Å². The van der Waals surface area contributed by atoms with Crippen LogP contribution in [0.3, 0.4) is 0 Å². The van der Waals surface area contributed by atoms with Crippen molar-refractivity contribution in [3.8, 4) is 0 Å². The van der Waals surface area contributed by atoms with E-state index in [-0.39, 0.29) is 56.9 Å². The third-order valence-corrected chi connectivity index (χ3v) is 2.95. The molecule has 100 valence electrons. The Morgan fingerprint density at radius 3 is 2.37 bits per heavy atom. The van der Waals surface area contributed by atoms with Gasteiger partial charge in [0.2, 0.25) is 0 Å². The molecule has 3 N–H and O–H groups in total. The van der Waals surface area contributed by atoms with Gasteiger partial charge in [0, 0.05) is 37.6 Å². The molecule has 0 radical (unpaired) electrons. The Kier molecular flexibility index (Phi) is 6.68. The molecule has 1 aliphatic heterocycles. The van der Waals surface area contributed by atoms with Crippen molar-refractivity contribution < 1.29 is 64.3 Å². The van der Waals surface area contributed by atoms with Gasteiger partial charge >= 0.3 is 58.4 Å². The Balaban J connectivity index is 0.00000180. The van der Waals surface area contributed by atoms with Crippen molar-refractivity contribution in [1.82, 2.24) is 5.32 Å². The second kappa shape index (κ2) is 7.33. The number of anilines is 2. The number of nitrogens with zero attached hydrogens (tertiary/aromatic N) is 1. The molecule has 8 heteroatoms. The van der Waals surface area contributed by atoms with Gasteiger partial charge in [0.05, 0.1) is 0 Å². The number of nitrogen functional groups attached to an aromatic ring is 1. The summed E-state index contributed by atoms with van der Waals surface area (Å²) in [5.41, 5.74) is 7.10. The number of rotatable bonds is 3. The number of nitrogens with one attached hydrogen (secondary N) is 1. The van der Waals surface area contributed by atoms with E-state index in [0.29, 0.717) is 5.69 Å². The van der Waals surface area contributed by atoms with Crippen LogP contribution in [0.15, 0.2) is 18.2 Å². The number of benzene rings is 1. The normalized spacial score (nSPS) is 16.1. The predicted molar refractivity (Wildman–Crippen MR) is 68.7 cm³/mol. The minimum absolute atomic E-state index is 0. The van der Waals surface area contributed by atoms with Gasteiger partial charge in [0.15, 0.2) is 0 Å². The van der Waals surface area contributed by atoms with Crippen molar-refractivity contribution in [3.63, 3.8) is 0 Å². The summed E-state index contributed by atoms with van der Waals surface area (Å²) >= 11 is 0. The van der Waals surface area contributed by atoms with Gasteiger partial charge in [-0.3, -0.25) is 0 Å². The van der Waals surface area contributed by atoms with Crippen LogP contribution in [-0.2, 0) is 6.32 Å². The van der Waals surface area contributed by atoms with E-state index in [1.807, 2.05) is 0 Å². The predicted octanol–water partition coefficient (Wildman–Crippen LogP) is -1.39. The summed E-state index contributed by atoms with van der Waals surface area (Å²) in [6, 6.07) is 4.73. The second-order valence-corrected chi connectivity index (χ2v) is 4.58. The summed E-state index contributed by atoms with van der Waals surface area (Å²) in [6.07, 6.45) is -0.871. The maximum atomic E-state index is 12.4. The zero-order valence-electron chi connectivity index (χ0n) is 11.0. The molecule has 1 saturated heterocycles. The Labute approximate surface area is 153 Å². The van der Waals surface area contributed by atoms with Crippen LogP contribution in [0.2, 0.25) is 0 Å². The van der Waals surface area contributed by atoms with Gasteiger partial charge in [-0.1, -0.05) is 11.9 Å². The zero-order valence-corrected chi connectivity index (χ0v) is 14.1. The van der Waals surface area contributed by atoms with E-state index >= 15 is 0 Å². The molecule has 1 fully saturated rings. The molecule has 2 rings (SSSR count). The molecule has 0 aromatic heterocycles. The van der Waals surface area contributed by atoms with Crippen molar-refractivity contribution in [1.29, 1.82) is 0 Å². The van der Waals surface area contributed by atoms with Crippen LogP contribution in [0, 0.1) is 0 Å². The summed E-state index contributed by atoms with van der Waals surface area (Å²) in [6.45, 7) is -1.56. The minimum atomic E-state index is -4.82. The third kappa shape index (κ3) is 5.65. The van der Waals surface area contributed by atoms with Crippen LogP contribution in [0.4, 0.5) is 24.3 Å². The topological polar surface area (TPSA) is 41.3 Å². The molecule has 19 heavy (non-hydrogen) atoms. The van der Waals surface area contributed by atoms with Gasteiger partial charge in [-0.15, -0.1) is 0 Å². The Morgan fingerprint density at radius 2 is 1.79 bits per heavy atom. The molecule has 0 bridgehead atoms. The molecule has 1 aromatic carbocycles. The largest absolute Gasteiger partial charge is 1.00 e. The van der Waals surface area contributed by atoms with Crippen LogP contribution in [-0.4, -0.2) is 33.2 Å². The SMILES string of the molecule is Nc1cc(C[B-](F)(F)F)cc(N2CCNCC2)c1.[K+]. The molecule has 0 amide bonds. The first kappa shape index (κ1) is 17.3. The van der Waals surface area contributed by atoms with Crippen molar-refractivity contribution in [2.45, 2.75) is 6.32 Å². The Bertz CT molecular complexity index is 422. The van der Waals surface area contributed by atoms with Crippen LogP contribution >= 0.6 is 0 Å². The van der Waals surface area contributed by atoms with E-state index < -0.39 is 13.3 Å². The molecular weight excluding hydrogens is 281 g/mol. The summed E-state index contributed by atoms with van der Waals surface area (Å²) in [5.74, 6) is 0. The number of hydrogen-bond acceptors (Lipinski definition) is 3. The van der Waals surface area contributed by atoms with E-state index in [2.05, 4.69) is 10.2 Å². The molecule has 3 nitrogen and oxygen atoms in total. The zero-order chi connectivity index (χ0) is 13.2. The van der Waals surface area contributed by atoms with Gasteiger partial charge < -0.3 is 28.9 Å². The molecular formula is C11H16BF3KN3. The average Bonchev–Trinajstić information content (AvgIpc) is 2.27. The van der Waals surface area contributed by atoms with Gasteiger partial charge in [0.25, 0.3) is 0 Å². The fourth-order valence-electron chi connectivity index (χ4n) is 2.19. The molecule has 0 spiro atoms. The first-order chi connectivity index (χ1) is 8.44. The van der Waals surface area contributed by atoms with E-state index in [4.69, 9.17) is 5.73 Å². The van der Waals surface area contributed by atoms with E-state index in [0.717, 1.165) is 31.9 Å². The van der Waals surface area contributed by atoms with Crippen LogP contribution in [0.25, 0.3) is 0 Å². The van der Waals surface area contributed by atoms with Crippen molar-refractivity contribution in [2.75, 3.05) is 36.8 Å². The fourth-order valence-corrected chi connectivity index (χ4v) is 2.19. The monoisotopic (exact) mass is 297 g/mol. The summed E-state index contributed by atoms with van der Waals surface area (Å²) < 4.78 is 37.3. The molecule has 0 atom stereocenters. The molecule has 0 aliphatic carbocycles. The third-order valence-electron chi connectivity index (χ3n) is 2.95. The van der Waals surface area contributed by atoms with E-state index in [1.54, 1.807) is 12.1 Å². The molecule has 1 heterocycles. The standard InChI is InChI=1S/C11H16BF3N3.K/c13-12(14,15)8-9-5-10(16)7-11(6-9)18-3-1-17-2-4-18;/h5-7,17H,1-4,8,16H2;/q-1;+1. The van der Waals surface area contributed by atoms with Gasteiger partial charge in [-0.25, -0.2) is 0 Å². The Hall–Kier alpha value is 0.271. The van der Waals surface area contributed by atoms with Crippen LogP contribution in [0.5, 0.6) is 0 Å². The van der Waals surface area contributed by atoms with Crippen molar-refractivity contribution in [2.24, 2.45) is 0 Å². The maximum absolute atomic E-state index is 12.4. The molecule has 0 unspecified atom stereocenters. The van der Waals surface area contributed by atoms with Crippen LogP contribution in [0.1, 0.15) is 5.56 Å². The molecule has 1 aliphatic rings. The second-order valence-electron chi connectivity index (χ2n) is 4.58. The van der Waals surface area contributed by atoms with Gasteiger partial charge in [-0.05, 0) is 18.2 Å². The summed E-state index contributed by atoms with van der Waals surface area (Å²) in [7, 11) is 0. The fraction of sp³-hybridized carbons (Fsp3) is 0.455. The smallest absolute Gasteiger partial charge is 0.449 e. The van der Waals surface area contributed by atoms with Gasteiger partial charge in [0.1, 0.15) is 0 Å². The molecule has 1 aromatic rings. The van der Waals surface area contributed by atoms with E-state index in [9.17, 15) is 12.9 Å². The first-order valence-corrected chi connectivity index (χ1v) is 6.00. The number of halogens is 3. The van der Waals surface area contributed by atoms with Crippen molar-refractivity contribution >= 4 is 18.4 Å². The Morgan fingerprint density at radius 1 is 1.16 bits per heavy atom. The number of hydrogen-bond donors (Lipinski definition) is 2. The minimum Gasteiger partial charge on any atom is -0.449 e. The average molecular weight is 297 g/mol. The maximum Gasteiger partial charge on any atom is 1.00 e. The number of nitrogens with two attached hydrogens (primary N) is 1. The molecule has 0 saturated carbocycles.